The molecule has 0 saturated heterocycles. The van der Waals surface area contributed by atoms with Crippen LogP contribution in [0.3, 0.4) is 0 Å². The maximum Gasteiger partial charge on any atom is 0.343 e. The molecule has 0 aromatic heterocycles. The number of urea groups is 1. The lowest BCUT2D eigenvalue weighted by Gasteiger charge is -2.10. The number of hydrogen-bond acceptors (Lipinski definition) is 3. The predicted molar refractivity (Wildman–Crippen MR) is 53.3 cm³/mol. The SMILES string of the molecule is C=CC(=O)C(C)O/C(C)=N/C(=O)NC. The minimum absolute atomic E-state index is 0.145. The Morgan fingerprint density at radius 1 is 1.57 bits per heavy atom. The third-order valence-electron chi connectivity index (χ3n) is 1.42. The fraction of sp³-hybridized carbons (Fsp3) is 0.444. The zero-order valence-electron chi connectivity index (χ0n) is 8.53. The number of amides is 2. The molecule has 5 heteroatoms. The van der Waals surface area contributed by atoms with Crippen molar-refractivity contribution in [2.75, 3.05) is 7.05 Å². The first-order chi connectivity index (χ1) is 6.51. The molecule has 0 aromatic rings. The highest BCUT2D eigenvalue weighted by Crippen LogP contribution is 1.95. The molecule has 0 fully saturated rings. The maximum atomic E-state index is 11.0. The van der Waals surface area contributed by atoms with Gasteiger partial charge in [0.25, 0.3) is 0 Å². The number of nitrogens with one attached hydrogen (secondary N) is 1. The van der Waals surface area contributed by atoms with E-state index in [9.17, 15) is 9.59 Å². The van der Waals surface area contributed by atoms with Gasteiger partial charge in [0.1, 0.15) is 0 Å². The Labute approximate surface area is 82.9 Å². The zero-order chi connectivity index (χ0) is 11.1. The van der Waals surface area contributed by atoms with Crippen LogP contribution in [0.1, 0.15) is 13.8 Å². The molecular weight excluding hydrogens is 184 g/mol. The van der Waals surface area contributed by atoms with E-state index >= 15 is 0 Å². The van der Waals surface area contributed by atoms with E-state index in [1.165, 1.54) is 14.0 Å². The number of aliphatic imine (C=N–C) groups is 1. The van der Waals surface area contributed by atoms with Crippen molar-refractivity contribution in [3.05, 3.63) is 12.7 Å². The number of nitrogens with zero attached hydrogens (tertiary/aromatic N) is 1. The molecule has 0 heterocycles. The topological polar surface area (TPSA) is 67.8 Å². The summed E-state index contributed by atoms with van der Waals surface area (Å²) < 4.78 is 5.04. The maximum absolute atomic E-state index is 11.0. The first kappa shape index (κ1) is 12.3. The number of rotatable bonds is 3. The van der Waals surface area contributed by atoms with Crippen LogP contribution in [0, 0.1) is 0 Å². The van der Waals surface area contributed by atoms with Gasteiger partial charge in [-0.05, 0) is 13.0 Å². The minimum atomic E-state index is -0.666. The third-order valence-corrected chi connectivity index (χ3v) is 1.42. The van der Waals surface area contributed by atoms with Gasteiger partial charge in [-0.1, -0.05) is 6.58 Å². The highest BCUT2D eigenvalue weighted by molar-refractivity contribution is 5.95. The van der Waals surface area contributed by atoms with Gasteiger partial charge >= 0.3 is 6.03 Å². The molecule has 78 valence electrons. The second-order valence-corrected chi connectivity index (χ2v) is 2.55. The third kappa shape index (κ3) is 4.39. The lowest BCUT2D eigenvalue weighted by molar-refractivity contribution is -0.120. The molecule has 1 unspecified atom stereocenters. The van der Waals surface area contributed by atoms with Crippen LogP contribution in [0.15, 0.2) is 17.6 Å². The van der Waals surface area contributed by atoms with Crippen LogP contribution >= 0.6 is 0 Å². The van der Waals surface area contributed by atoms with E-state index in [-0.39, 0.29) is 11.7 Å². The largest absolute Gasteiger partial charge is 0.470 e. The average molecular weight is 198 g/mol. The second kappa shape index (κ2) is 5.90. The van der Waals surface area contributed by atoms with Crippen molar-refractivity contribution in [1.82, 2.24) is 5.32 Å². The summed E-state index contributed by atoms with van der Waals surface area (Å²) in [5.41, 5.74) is 0. The number of ether oxygens (including phenoxy) is 1. The number of ketones is 1. The van der Waals surface area contributed by atoms with E-state index in [4.69, 9.17) is 4.74 Å². The molecule has 0 aliphatic rings. The molecule has 2 amide bonds. The zero-order valence-corrected chi connectivity index (χ0v) is 8.53. The van der Waals surface area contributed by atoms with Crippen LogP contribution in [-0.4, -0.2) is 30.9 Å². The summed E-state index contributed by atoms with van der Waals surface area (Å²) in [6, 6.07) is -0.513. The molecular formula is C9H14N2O3. The second-order valence-electron chi connectivity index (χ2n) is 2.55. The van der Waals surface area contributed by atoms with Gasteiger partial charge in [-0.3, -0.25) is 4.79 Å². The number of hydrogen-bond donors (Lipinski definition) is 1. The van der Waals surface area contributed by atoms with Gasteiger partial charge in [-0.2, -0.15) is 4.99 Å². The molecule has 0 aliphatic heterocycles. The summed E-state index contributed by atoms with van der Waals surface area (Å²) >= 11 is 0. The Kier molecular flexibility index (Phi) is 5.21. The average Bonchev–Trinajstić information content (AvgIpc) is 2.15. The number of carbonyl (C=O) groups excluding carboxylic acids is 2. The quantitative estimate of drug-likeness (QED) is 0.416. The van der Waals surface area contributed by atoms with Gasteiger partial charge in [0.15, 0.2) is 17.8 Å². The smallest absolute Gasteiger partial charge is 0.343 e. The standard InChI is InChI=1S/C9H14N2O3/c1-5-8(12)6(2)14-7(3)11-9(13)10-4/h5-6H,1H2,2-4H3,(H,10,13)/b11-7+. The van der Waals surface area contributed by atoms with Gasteiger partial charge in [0, 0.05) is 14.0 Å². The number of carbonyl (C=O) groups is 2. The van der Waals surface area contributed by atoms with Gasteiger partial charge in [0.2, 0.25) is 0 Å². The molecule has 0 rings (SSSR count). The summed E-state index contributed by atoms with van der Waals surface area (Å²) in [6.07, 6.45) is 0.499. The van der Waals surface area contributed by atoms with E-state index in [2.05, 4.69) is 16.9 Å². The molecule has 0 radical (unpaired) electrons. The fourth-order valence-corrected chi connectivity index (χ4v) is 0.705. The molecule has 14 heavy (non-hydrogen) atoms. The summed E-state index contributed by atoms with van der Waals surface area (Å²) in [5.74, 6) is -0.108. The van der Waals surface area contributed by atoms with Crippen molar-refractivity contribution < 1.29 is 14.3 Å². The Morgan fingerprint density at radius 2 is 2.14 bits per heavy atom. The van der Waals surface area contributed by atoms with Crippen LogP contribution in [0.4, 0.5) is 4.79 Å². The molecule has 0 aliphatic carbocycles. The van der Waals surface area contributed by atoms with Crippen molar-refractivity contribution in [3.8, 4) is 0 Å². The molecule has 5 nitrogen and oxygen atoms in total. The van der Waals surface area contributed by atoms with Crippen molar-refractivity contribution in [2.45, 2.75) is 20.0 Å². The van der Waals surface area contributed by atoms with Crippen molar-refractivity contribution >= 4 is 17.7 Å². The van der Waals surface area contributed by atoms with E-state index in [0.717, 1.165) is 6.08 Å². The van der Waals surface area contributed by atoms with Crippen LogP contribution < -0.4 is 5.32 Å². The van der Waals surface area contributed by atoms with Crippen LogP contribution in [0.5, 0.6) is 0 Å². The van der Waals surface area contributed by atoms with Crippen LogP contribution in [0.25, 0.3) is 0 Å². The fourth-order valence-electron chi connectivity index (χ4n) is 0.705. The summed E-state index contributed by atoms with van der Waals surface area (Å²) in [7, 11) is 1.46. The molecule has 0 bridgehead atoms. The van der Waals surface area contributed by atoms with E-state index < -0.39 is 12.1 Å². The molecule has 0 spiro atoms. The van der Waals surface area contributed by atoms with Crippen molar-refractivity contribution in [3.63, 3.8) is 0 Å². The lowest BCUT2D eigenvalue weighted by atomic mass is 10.2. The highest BCUT2D eigenvalue weighted by atomic mass is 16.5. The van der Waals surface area contributed by atoms with E-state index in [0.29, 0.717) is 0 Å². The first-order valence-electron chi connectivity index (χ1n) is 4.11. The summed E-state index contributed by atoms with van der Waals surface area (Å²) in [4.78, 5) is 25.3. The van der Waals surface area contributed by atoms with E-state index in [1.807, 2.05) is 0 Å². The predicted octanol–water partition coefficient (Wildman–Crippen LogP) is 0.904. The van der Waals surface area contributed by atoms with Gasteiger partial charge < -0.3 is 10.1 Å². The van der Waals surface area contributed by atoms with Crippen LogP contribution in [0.2, 0.25) is 0 Å². The molecule has 1 N–H and O–H groups in total. The van der Waals surface area contributed by atoms with Gasteiger partial charge in [0.05, 0.1) is 0 Å². The normalized spacial score (nSPS) is 12.9. The highest BCUT2D eigenvalue weighted by Gasteiger charge is 2.11. The minimum Gasteiger partial charge on any atom is -0.470 e. The van der Waals surface area contributed by atoms with Crippen molar-refractivity contribution in [1.29, 1.82) is 0 Å². The monoisotopic (exact) mass is 198 g/mol. The Balaban J connectivity index is 4.24. The lowest BCUT2D eigenvalue weighted by Crippen LogP contribution is -2.23. The Bertz CT molecular complexity index is 271. The molecule has 0 aromatic carbocycles. The Hall–Kier alpha value is -1.65. The molecule has 1 atom stereocenters. The van der Waals surface area contributed by atoms with E-state index in [1.54, 1.807) is 6.92 Å². The first-order valence-corrected chi connectivity index (χ1v) is 4.11. The summed E-state index contributed by atoms with van der Waals surface area (Å²) in [6.45, 7) is 6.38. The summed E-state index contributed by atoms with van der Waals surface area (Å²) in [5, 5.41) is 2.30. The van der Waals surface area contributed by atoms with Crippen LogP contribution in [-0.2, 0) is 9.53 Å². The van der Waals surface area contributed by atoms with Crippen molar-refractivity contribution in [2.24, 2.45) is 4.99 Å². The van der Waals surface area contributed by atoms with Gasteiger partial charge in [-0.25, -0.2) is 4.79 Å². The Morgan fingerprint density at radius 3 is 2.57 bits per heavy atom. The molecule has 0 saturated carbocycles. The van der Waals surface area contributed by atoms with Gasteiger partial charge in [-0.15, -0.1) is 0 Å².